The van der Waals surface area contributed by atoms with E-state index in [0.717, 1.165) is 5.56 Å². The molecule has 1 saturated heterocycles. The van der Waals surface area contributed by atoms with Crippen molar-refractivity contribution in [1.82, 2.24) is 4.90 Å². The highest BCUT2D eigenvalue weighted by atomic mass is 16.5. The Morgan fingerprint density at radius 2 is 1.90 bits per heavy atom. The lowest BCUT2D eigenvalue weighted by molar-refractivity contribution is -0.160. The predicted octanol–water partition coefficient (Wildman–Crippen LogP) is 1.02. The number of nitrogens with zero attached hydrogens (tertiary/aromatic N) is 1. The van der Waals surface area contributed by atoms with E-state index >= 15 is 0 Å². The minimum atomic E-state index is -0.746. The van der Waals surface area contributed by atoms with E-state index in [2.05, 4.69) is 0 Å². The van der Waals surface area contributed by atoms with Gasteiger partial charge in [0.1, 0.15) is 0 Å². The van der Waals surface area contributed by atoms with Crippen LogP contribution in [0.4, 0.5) is 0 Å². The quantitative estimate of drug-likeness (QED) is 0.771. The fraction of sp³-hybridized carbons (Fsp3) is 0.467. The summed E-state index contributed by atoms with van der Waals surface area (Å²) in [4.78, 5) is 25.5. The van der Waals surface area contributed by atoms with Crippen LogP contribution in [0.1, 0.15) is 12.5 Å². The van der Waals surface area contributed by atoms with E-state index in [1.54, 1.807) is 11.8 Å². The minimum Gasteiger partial charge on any atom is -0.452 e. The van der Waals surface area contributed by atoms with Crippen LogP contribution in [-0.2, 0) is 25.5 Å². The molecule has 0 aliphatic carbocycles. The molecule has 1 fully saturated rings. The highest BCUT2D eigenvalue weighted by molar-refractivity contribution is 5.84. The van der Waals surface area contributed by atoms with E-state index in [-0.39, 0.29) is 18.3 Å². The first-order chi connectivity index (χ1) is 9.66. The van der Waals surface area contributed by atoms with Gasteiger partial charge < -0.3 is 14.4 Å². The lowest BCUT2D eigenvalue weighted by Gasteiger charge is -2.28. The van der Waals surface area contributed by atoms with Gasteiger partial charge in [0.15, 0.2) is 6.10 Å². The fourth-order valence-corrected chi connectivity index (χ4v) is 2.09. The molecule has 1 unspecified atom stereocenters. The molecule has 1 amide bonds. The van der Waals surface area contributed by atoms with Crippen LogP contribution in [0.3, 0.4) is 0 Å². The highest BCUT2D eigenvalue weighted by Gasteiger charge is 2.25. The smallest absolute Gasteiger partial charge is 0.311 e. The number of hydrogen-bond acceptors (Lipinski definition) is 4. The van der Waals surface area contributed by atoms with Gasteiger partial charge >= 0.3 is 5.97 Å². The summed E-state index contributed by atoms with van der Waals surface area (Å²) in [7, 11) is 0. The van der Waals surface area contributed by atoms with Crippen molar-refractivity contribution in [1.29, 1.82) is 0 Å². The van der Waals surface area contributed by atoms with Crippen LogP contribution < -0.4 is 0 Å². The first-order valence-electron chi connectivity index (χ1n) is 6.77. The van der Waals surface area contributed by atoms with Crippen molar-refractivity contribution >= 4 is 11.9 Å². The Labute approximate surface area is 118 Å². The molecule has 1 aromatic rings. The van der Waals surface area contributed by atoms with E-state index in [1.165, 1.54) is 0 Å². The summed E-state index contributed by atoms with van der Waals surface area (Å²) in [6.07, 6.45) is -0.564. The molecule has 2 rings (SSSR count). The zero-order valence-corrected chi connectivity index (χ0v) is 11.6. The van der Waals surface area contributed by atoms with Crippen molar-refractivity contribution in [3.05, 3.63) is 35.9 Å². The molecule has 0 aromatic heterocycles. The lowest BCUT2D eigenvalue weighted by atomic mass is 10.1. The molecule has 108 valence electrons. The molecule has 1 heterocycles. The first kappa shape index (κ1) is 14.5. The Morgan fingerprint density at radius 3 is 2.55 bits per heavy atom. The molecule has 5 nitrogen and oxygen atoms in total. The van der Waals surface area contributed by atoms with Crippen LogP contribution >= 0.6 is 0 Å². The Bertz CT molecular complexity index is 454. The van der Waals surface area contributed by atoms with Crippen molar-refractivity contribution in [2.75, 3.05) is 26.3 Å². The molecule has 1 aliphatic rings. The number of hydrogen-bond donors (Lipinski definition) is 0. The molecular formula is C15H19NO4. The maximum Gasteiger partial charge on any atom is 0.311 e. The molecule has 5 heteroatoms. The molecule has 0 N–H and O–H groups in total. The molecule has 1 atom stereocenters. The van der Waals surface area contributed by atoms with Gasteiger partial charge in [0, 0.05) is 13.1 Å². The van der Waals surface area contributed by atoms with Gasteiger partial charge in [-0.3, -0.25) is 9.59 Å². The van der Waals surface area contributed by atoms with E-state index in [1.807, 2.05) is 30.3 Å². The summed E-state index contributed by atoms with van der Waals surface area (Å²) < 4.78 is 10.4. The minimum absolute atomic E-state index is 0.158. The summed E-state index contributed by atoms with van der Waals surface area (Å²) in [6, 6.07) is 9.33. The summed E-state index contributed by atoms with van der Waals surface area (Å²) in [5.41, 5.74) is 0.878. The zero-order chi connectivity index (χ0) is 14.4. The van der Waals surface area contributed by atoms with Crippen LogP contribution in [0, 0.1) is 0 Å². The van der Waals surface area contributed by atoms with Gasteiger partial charge in [0.05, 0.1) is 19.6 Å². The van der Waals surface area contributed by atoms with E-state index in [0.29, 0.717) is 26.3 Å². The predicted molar refractivity (Wildman–Crippen MR) is 73.1 cm³/mol. The highest BCUT2D eigenvalue weighted by Crippen LogP contribution is 2.06. The zero-order valence-electron chi connectivity index (χ0n) is 11.6. The second-order valence-corrected chi connectivity index (χ2v) is 4.73. The summed E-state index contributed by atoms with van der Waals surface area (Å²) in [6.45, 7) is 3.80. The largest absolute Gasteiger partial charge is 0.452 e. The molecule has 20 heavy (non-hydrogen) atoms. The number of carbonyl (C=O) groups excluding carboxylic acids is 2. The Hall–Kier alpha value is -1.88. The van der Waals surface area contributed by atoms with Gasteiger partial charge in [-0.1, -0.05) is 30.3 Å². The van der Waals surface area contributed by atoms with Gasteiger partial charge in [0.2, 0.25) is 0 Å². The third kappa shape index (κ3) is 4.06. The number of morpholine rings is 1. The average molecular weight is 277 g/mol. The maximum atomic E-state index is 12.1. The second-order valence-electron chi connectivity index (χ2n) is 4.73. The van der Waals surface area contributed by atoms with Gasteiger partial charge in [0.25, 0.3) is 5.91 Å². The van der Waals surface area contributed by atoms with Crippen LogP contribution in [0.15, 0.2) is 30.3 Å². The van der Waals surface area contributed by atoms with Crippen molar-refractivity contribution < 1.29 is 19.1 Å². The average Bonchev–Trinajstić information content (AvgIpc) is 2.48. The Balaban J connectivity index is 1.82. The third-order valence-corrected chi connectivity index (χ3v) is 3.17. The molecule has 0 bridgehead atoms. The van der Waals surface area contributed by atoms with Crippen LogP contribution in [-0.4, -0.2) is 49.2 Å². The third-order valence-electron chi connectivity index (χ3n) is 3.17. The Kier molecular flexibility index (Phi) is 5.12. The molecule has 0 spiro atoms. The van der Waals surface area contributed by atoms with Crippen molar-refractivity contribution in [3.63, 3.8) is 0 Å². The normalized spacial score (nSPS) is 16.6. The first-order valence-corrected chi connectivity index (χ1v) is 6.77. The van der Waals surface area contributed by atoms with Crippen LogP contribution in [0.25, 0.3) is 0 Å². The Morgan fingerprint density at radius 1 is 1.25 bits per heavy atom. The topological polar surface area (TPSA) is 55.8 Å². The summed E-state index contributed by atoms with van der Waals surface area (Å²) in [5, 5.41) is 0. The van der Waals surface area contributed by atoms with Crippen molar-refractivity contribution in [2.45, 2.75) is 19.4 Å². The van der Waals surface area contributed by atoms with Crippen LogP contribution in [0.2, 0.25) is 0 Å². The molecular weight excluding hydrogens is 258 g/mol. The van der Waals surface area contributed by atoms with E-state index in [4.69, 9.17) is 9.47 Å². The number of ether oxygens (including phenoxy) is 2. The van der Waals surface area contributed by atoms with Gasteiger partial charge in [-0.15, -0.1) is 0 Å². The van der Waals surface area contributed by atoms with E-state index in [9.17, 15) is 9.59 Å². The summed E-state index contributed by atoms with van der Waals surface area (Å²) >= 11 is 0. The fourth-order valence-electron chi connectivity index (χ4n) is 2.09. The molecule has 0 radical (unpaired) electrons. The van der Waals surface area contributed by atoms with Crippen molar-refractivity contribution in [3.8, 4) is 0 Å². The van der Waals surface area contributed by atoms with Gasteiger partial charge in [-0.25, -0.2) is 0 Å². The van der Waals surface area contributed by atoms with Crippen molar-refractivity contribution in [2.24, 2.45) is 0 Å². The standard InChI is InChI=1S/C15H19NO4/c1-12(15(18)16-7-9-19-10-8-16)20-14(17)11-13-5-3-2-4-6-13/h2-6,12H,7-11H2,1H3. The maximum absolute atomic E-state index is 12.1. The lowest BCUT2D eigenvalue weighted by Crippen LogP contribution is -2.46. The second kappa shape index (κ2) is 7.05. The number of carbonyl (C=O) groups is 2. The molecule has 1 aromatic carbocycles. The number of benzene rings is 1. The number of esters is 1. The number of rotatable bonds is 4. The molecule has 0 saturated carbocycles. The summed E-state index contributed by atoms with van der Waals surface area (Å²) in [5.74, 6) is -0.542. The van der Waals surface area contributed by atoms with Gasteiger partial charge in [-0.05, 0) is 12.5 Å². The molecule has 1 aliphatic heterocycles. The van der Waals surface area contributed by atoms with Crippen LogP contribution in [0.5, 0.6) is 0 Å². The van der Waals surface area contributed by atoms with E-state index < -0.39 is 6.10 Å². The monoisotopic (exact) mass is 277 g/mol. The van der Waals surface area contributed by atoms with Gasteiger partial charge in [-0.2, -0.15) is 0 Å². The number of amides is 1. The SMILES string of the molecule is CC(OC(=O)Cc1ccccc1)C(=O)N1CCOCC1.